The fourth-order valence-electron chi connectivity index (χ4n) is 0.896. The first-order valence-electron chi connectivity index (χ1n) is 3.94. The summed E-state index contributed by atoms with van der Waals surface area (Å²) < 4.78 is 0. The summed E-state index contributed by atoms with van der Waals surface area (Å²) in [5.41, 5.74) is 5.76. The number of halogens is 1. The van der Waals surface area contributed by atoms with E-state index in [1.165, 1.54) is 11.8 Å². The molecule has 1 rings (SSSR count). The summed E-state index contributed by atoms with van der Waals surface area (Å²) in [7, 11) is 0. The lowest BCUT2D eigenvalue weighted by atomic mass is 10.2. The van der Waals surface area contributed by atoms with Gasteiger partial charge < -0.3 is 10.8 Å². The topological polar surface area (TPSA) is 46.2 Å². The molecule has 13 heavy (non-hydrogen) atoms. The lowest BCUT2D eigenvalue weighted by Crippen LogP contribution is -2.15. The van der Waals surface area contributed by atoms with Crippen molar-refractivity contribution in [2.75, 3.05) is 6.54 Å². The van der Waals surface area contributed by atoms with Crippen LogP contribution in [0.15, 0.2) is 23.1 Å². The number of thioether (sulfide) groups is 1. The summed E-state index contributed by atoms with van der Waals surface area (Å²) in [6.07, 6.45) is 0. The second-order valence-corrected chi connectivity index (χ2v) is 4.38. The van der Waals surface area contributed by atoms with Gasteiger partial charge in [-0.3, -0.25) is 0 Å². The highest BCUT2D eigenvalue weighted by Crippen LogP contribution is 2.25. The van der Waals surface area contributed by atoms with Crippen LogP contribution in [0.3, 0.4) is 0 Å². The molecule has 4 heteroatoms. The Morgan fingerprint density at radius 3 is 2.85 bits per heavy atom. The summed E-state index contributed by atoms with van der Waals surface area (Å²) in [4.78, 5) is 0.986. The molecule has 0 radical (unpaired) electrons. The number of nitrogens with two attached hydrogens (primary N) is 1. The van der Waals surface area contributed by atoms with Crippen LogP contribution in [0.4, 0.5) is 0 Å². The first kappa shape index (κ1) is 10.9. The summed E-state index contributed by atoms with van der Waals surface area (Å²) in [5.74, 6) is 0. The fourth-order valence-corrected chi connectivity index (χ4v) is 1.82. The van der Waals surface area contributed by atoms with E-state index in [0.29, 0.717) is 0 Å². The van der Waals surface area contributed by atoms with E-state index in [1.54, 1.807) is 0 Å². The molecule has 1 atom stereocenters. The van der Waals surface area contributed by atoms with Crippen molar-refractivity contribution >= 4 is 23.4 Å². The smallest absolute Gasteiger partial charge is 0.116 e. The summed E-state index contributed by atoms with van der Waals surface area (Å²) in [6, 6.07) is 5.63. The van der Waals surface area contributed by atoms with Gasteiger partial charge in [-0.05, 0) is 30.7 Å². The van der Waals surface area contributed by atoms with Crippen LogP contribution in [0.5, 0.6) is 0 Å². The van der Waals surface area contributed by atoms with Gasteiger partial charge in [0.15, 0.2) is 0 Å². The highest BCUT2D eigenvalue weighted by molar-refractivity contribution is 7.99. The average Bonchev–Trinajstić information content (AvgIpc) is 2.11. The SMILES string of the molecule is Cc1cc(SC(O)CN)ccc1Cl. The van der Waals surface area contributed by atoms with Crippen molar-refractivity contribution < 1.29 is 5.11 Å². The van der Waals surface area contributed by atoms with Crippen molar-refractivity contribution in [1.29, 1.82) is 0 Å². The molecule has 0 aliphatic carbocycles. The van der Waals surface area contributed by atoms with E-state index in [0.717, 1.165) is 15.5 Å². The first-order valence-corrected chi connectivity index (χ1v) is 5.20. The molecule has 0 heterocycles. The lowest BCUT2D eigenvalue weighted by molar-refractivity contribution is 0.271. The molecule has 1 aromatic rings. The van der Waals surface area contributed by atoms with Crippen LogP contribution in [-0.2, 0) is 0 Å². The van der Waals surface area contributed by atoms with Crippen LogP contribution in [0.1, 0.15) is 5.56 Å². The molecule has 0 amide bonds. The number of aliphatic hydroxyl groups is 1. The average molecular weight is 218 g/mol. The minimum Gasteiger partial charge on any atom is -0.381 e. The van der Waals surface area contributed by atoms with E-state index in [4.69, 9.17) is 17.3 Å². The standard InChI is InChI=1S/C9H12ClNOS/c1-6-4-7(2-3-8(6)10)13-9(12)5-11/h2-4,9,12H,5,11H2,1H3. The van der Waals surface area contributed by atoms with Gasteiger partial charge in [0.2, 0.25) is 0 Å². The van der Waals surface area contributed by atoms with Crippen molar-refractivity contribution in [3.63, 3.8) is 0 Å². The van der Waals surface area contributed by atoms with Gasteiger partial charge in [0.05, 0.1) is 0 Å². The molecule has 0 aliphatic rings. The monoisotopic (exact) mass is 217 g/mol. The number of rotatable bonds is 3. The summed E-state index contributed by atoms with van der Waals surface area (Å²) in [6.45, 7) is 2.19. The zero-order valence-corrected chi connectivity index (χ0v) is 8.90. The predicted molar refractivity (Wildman–Crippen MR) is 57.1 cm³/mol. The van der Waals surface area contributed by atoms with E-state index in [2.05, 4.69) is 0 Å². The molecule has 0 saturated heterocycles. The van der Waals surface area contributed by atoms with Crippen molar-refractivity contribution in [1.82, 2.24) is 0 Å². The molecule has 0 spiro atoms. The van der Waals surface area contributed by atoms with Gasteiger partial charge in [0, 0.05) is 16.5 Å². The number of aryl methyl sites for hydroxylation is 1. The third-order valence-electron chi connectivity index (χ3n) is 1.60. The summed E-state index contributed by atoms with van der Waals surface area (Å²) in [5, 5.41) is 10.0. The van der Waals surface area contributed by atoms with E-state index in [9.17, 15) is 5.11 Å². The number of hydrogen-bond acceptors (Lipinski definition) is 3. The maximum Gasteiger partial charge on any atom is 0.116 e. The van der Waals surface area contributed by atoms with Crippen LogP contribution in [0.25, 0.3) is 0 Å². The molecule has 1 unspecified atom stereocenters. The molecule has 1 aromatic carbocycles. The minimum absolute atomic E-state index is 0.256. The van der Waals surface area contributed by atoms with Gasteiger partial charge >= 0.3 is 0 Å². The molecule has 0 aromatic heterocycles. The molecule has 0 bridgehead atoms. The van der Waals surface area contributed by atoms with Crippen LogP contribution in [0.2, 0.25) is 5.02 Å². The molecular formula is C9H12ClNOS. The van der Waals surface area contributed by atoms with E-state index in [-0.39, 0.29) is 6.54 Å². The van der Waals surface area contributed by atoms with Crippen LogP contribution in [-0.4, -0.2) is 17.1 Å². The minimum atomic E-state index is -0.541. The second kappa shape index (κ2) is 4.86. The maximum absolute atomic E-state index is 9.28. The zero-order valence-electron chi connectivity index (χ0n) is 7.33. The lowest BCUT2D eigenvalue weighted by Gasteiger charge is -2.08. The quantitative estimate of drug-likeness (QED) is 0.602. The molecule has 0 saturated carbocycles. The molecule has 2 nitrogen and oxygen atoms in total. The van der Waals surface area contributed by atoms with Gasteiger partial charge in [-0.1, -0.05) is 23.4 Å². The Kier molecular flexibility index (Phi) is 4.06. The summed E-state index contributed by atoms with van der Waals surface area (Å²) >= 11 is 7.19. The Labute approximate surface area is 87.1 Å². The number of aliphatic hydroxyl groups excluding tert-OH is 1. The van der Waals surface area contributed by atoms with Gasteiger partial charge in [-0.25, -0.2) is 0 Å². The molecular weight excluding hydrogens is 206 g/mol. The van der Waals surface area contributed by atoms with E-state index >= 15 is 0 Å². The highest BCUT2D eigenvalue weighted by Gasteiger charge is 2.04. The highest BCUT2D eigenvalue weighted by atomic mass is 35.5. The van der Waals surface area contributed by atoms with Gasteiger partial charge in [0.1, 0.15) is 5.44 Å². The third kappa shape index (κ3) is 3.19. The van der Waals surface area contributed by atoms with E-state index in [1.807, 2.05) is 25.1 Å². The van der Waals surface area contributed by atoms with Crippen LogP contribution in [0, 0.1) is 6.92 Å². The van der Waals surface area contributed by atoms with E-state index < -0.39 is 5.44 Å². The first-order chi connectivity index (χ1) is 6.13. The third-order valence-corrected chi connectivity index (χ3v) is 3.02. The van der Waals surface area contributed by atoms with Crippen molar-refractivity contribution in [3.8, 4) is 0 Å². The van der Waals surface area contributed by atoms with Gasteiger partial charge in [-0.15, -0.1) is 0 Å². The molecule has 3 N–H and O–H groups in total. The van der Waals surface area contributed by atoms with Crippen LogP contribution < -0.4 is 5.73 Å². The molecule has 72 valence electrons. The Bertz CT molecular complexity index is 293. The van der Waals surface area contributed by atoms with Gasteiger partial charge in [0.25, 0.3) is 0 Å². The maximum atomic E-state index is 9.28. The fraction of sp³-hybridized carbons (Fsp3) is 0.333. The predicted octanol–water partition coefficient (Wildman–Crippen LogP) is 2.02. The Balaban J connectivity index is 2.73. The van der Waals surface area contributed by atoms with Crippen LogP contribution >= 0.6 is 23.4 Å². The Morgan fingerprint density at radius 1 is 1.62 bits per heavy atom. The molecule has 0 fully saturated rings. The van der Waals surface area contributed by atoms with Gasteiger partial charge in [-0.2, -0.15) is 0 Å². The number of hydrogen-bond donors (Lipinski definition) is 2. The normalized spacial score (nSPS) is 12.9. The second-order valence-electron chi connectivity index (χ2n) is 2.72. The zero-order chi connectivity index (χ0) is 9.84. The van der Waals surface area contributed by atoms with Crippen molar-refractivity contribution in [2.45, 2.75) is 17.3 Å². The largest absolute Gasteiger partial charge is 0.381 e. The number of benzene rings is 1. The Hall–Kier alpha value is -0.220. The van der Waals surface area contributed by atoms with Crippen molar-refractivity contribution in [3.05, 3.63) is 28.8 Å². The van der Waals surface area contributed by atoms with Crippen molar-refractivity contribution in [2.24, 2.45) is 5.73 Å². The molecule has 0 aliphatic heterocycles. The Morgan fingerprint density at radius 2 is 2.31 bits per heavy atom.